The lowest BCUT2D eigenvalue weighted by Crippen LogP contribution is -2.47. The van der Waals surface area contributed by atoms with Crippen molar-refractivity contribution in [2.45, 2.75) is 55.7 Å². The molecule has 0 saturated carbocycles. The number of aromatic nitrogens is 1. The van der Waals surface area contributed by atoms with E-state index in [1.807, 2.05) is 49.4 Å². The average Bonchev–Trinajstić information content (AvgIpc) is 3.02. The molecule has 2 heterocycles. The summed E-state index contributed by atoms with van der Waals surface area (Å²) in [5.41, 5.74) is 1.67. The number of rotatable bonds is 6. The van der Waals surface area contributed by atoms with E-state index in [-0.39, 0.29) is 11.3 Å². The Kier molecular flexibility index (Phi) is 6.46. The molecule has 2 aromatic rings. The minimum Gasteiger partial charge on any atom is -0.465 e. The van der Waals surface area contributed by atoms with Crippen LogP contribution in [0, 0.1) is 11.3 Å². The SMILES string of the molecule is CCc1ccc(C#N)c(S[C@H](C[C@H]2COC(C)(C)N2C(=O)O)c2ccccc2)n1. The van der Waals surface area contributed by atoms with Crippen molar-refractivity contribution < 1.29 is 14.6 Å². The summed E-state index contributed by atoms with van der Waals surface area (Å²) in [6, 6.07) is 15.6. The van der Waals surface area contributed by atoms with E-state index in [0.717, 1.165) is 17.7 Å². The Morgan fingerprint density at radius 2 is 2.10 bits per heavy atom. The van der Waals surface area contributed by atoms with Crippen LogP contribution in [0.3, 0.4) is 0 Å². The molecule has 29 heavy (non-hydrogen) atoms. The summed E-state index contributed by atoms with van der Waals surface area (Å²) in [7, 11) is 0. The maximum Gasteiger partial charge on any atom is 0.409 e. The molecule has 0 unspecified atom stereocenters. The van der Waals surface area contributed by atoms with Crippen LogP contribution in [-0.2, 0) is 11.2 Å². The molecule has 6 nitrogen and oxygen atoms in total. The van der Waals surface area contributed by atoms with Crippen LogP contribution in [0.4, 0.5) is 4.79 Å². The largest absolute Gasteiger partial charge is 0.465 e. The van der Waals surface area contributed by atoms with E-state index in [9.17, 15) is 15.2 Å². The number of nitriles is 1. The number of hydrogen-bond donors (Lipinski definition) is 1. The Balaban J connectivity index is 1.93. The second-order valence-electron chi connectivity index (χ2n) is 7.44. The van der Waals surface area contributed by atoms with Gasteiger partial charge in [-0.15, -0.1) is 0 Å². The number of amides is 1. The highest BCUT2D eigenvalue weighted by Gasteiger charge is 2.44. The number of benzene rings is 1. The Hall–Kier alpha value is -2.56. The summed E-state index contributed by atoms with van der Waals surface area (Å²) in [5, 5.41) is 19.9. The van der Waals surface area contributed by atoms with Gasteiger partial charge in [-0.3, -0.25) is 4.90 Å². The average molecular weight is 412 g/mol. The number of nitrogens with zero attached hydrogens (tertiary/aromatic N) is 3. The summed E-state index contributed by atoms with van der Waals surface area (Å²) >= 11 is 1.51. The van der Waals surface area contributed by atoms with Crippen molar-refractivity contribution in [3.05, 3.63) is 59.3 Å². The van der Waals surface area contributed by atoms with E-state index in [0.29, 0.717) is 23.6 Å². The fraction of sp³-hybridized carbons (Fsp3) is 0.409. The quantitative estimate of drug-likeness (QED) is 0.684. The minimum atomic E-state index is -0.988. The fourth-order valence-electron chi connectivity index (χ4n) is 3.60. The molecule has 1 fully saturated rings. The zero-order chi connectivity index (χ0) is 21.0. The summed E-state index contributed by atoms with van der Waals surface area (Å²) in [5.74, 6) is 0. The Labute approximate surface area is 175 Å². The van der Waals surface area contributed by atoms with Crippen LogP contribution in [0.1, 0.15) is 49.3 Å². The summed E-state index contributed by atoms with van der Waals surface area (Å²) in [6.07, 6.45) is 0.359. The van der Waals surface area contributed by atoms with Crippen LogP contribution in [0.25, 0.3) is 0 Å². The van der Waals surface area contributed by atoms with E-state index in [1.54, 1.807) is 13.8 Å². The van der Waals surface area contributed by atoms with Gasteiger partial charge in [-0.25, -0.2) is 9.78 Å². The van der Waals surface area contributed by atoms with E-state index in [1.165, 1.54) is 16.7 Å². The zero-order valence-corrected chi connectivity index (χ0v) is 17.6. The third-order valence-electron chi connectivity index (χ3n) is 5.09. The second kappa shape index (κ2) is 8.85. The molecule has 152 valence electrons. The van der Waals surface area contributed by atoms with Gasteiger partial charge in [0.2, 0.25) is 0 Å². The maximum absolute atomic E-state index is 11.9. The maximum atomic E-state index is 11.9. The molecule has 1 aliphatic rings. The highest BCUT2D eigenvalue weighted by Crippen LogP contribution is 2.42. The molecular formula is C22H25N3O3S. The van der Waals surface area contributed by atoms with Gasteiger partial charge in [0.25, 0.3) is 0 Å². The molecular weight excluding hydrogens is 386 g/mol. The number of thioether (sulfide) groups is 1. The molecule has 2 atom stereocenters. The lowest BCUT2D eigenvalue weighted by molar-refractivity contribution is -0.0421. The van der Waals surface area contributed by atoms with Gasteiger partial charge < -0.3 is 9.84 Å². The van der Waals surface area contributed by atoms with Crippen LogP contribution < -0.4 is 0 Å². The first kappa shape index (κ1) is 21.2. The van der Waals surface area contributed by atoms with E-state index < -0.39 is 11.8 Å². The summed E-state index contributed by atoms with van der Waals surface area (Å²) < 4.78 is 5.76. The fourth-order valence-corrected chi connectivity index (χ4v) is 4.89. The van der Waals surface area contributed by atoms with Gasteiger partial charge in [-0.2, -0.15) is 5.26 Å². The molecule has 0 bridgehead atoms. The smallest absolute Gasteiger partial charge is 0.409 e. The number of carbonyl (C=O) groups is 1. The number of aryl methyl sites for hydroxylation is 1. The highest BCUT2D eigenvalue weighted by molar-refractivity contribution is 7.99. The molecule has 3 rings (SSSR count). The van der Waals surface area contributed by atoms with Crippen LogP contribution in [0.5, 0.6) is 0 Å². The third-order valence-corrected chi connectivity index (χ3v) is 6.38. The normalized spacial score (nSPS) is 19.0. The molecule has 0 spiro atoms. The molecule has 1 N–H and O–H groups in total. The van der Waals surface area contributed by atoms with Gasteiger partial charge in [-0.05, 0) is 44.4 Å². The second-order valence-corrected chi connectivity index (χ2v) is 8.63. The van der Waals surface area contributed by atoms with Gasteiger partial charge in [0, 0.05) is 10.9 Å². The zero-order valence-electron chi connectivity index (χ0n) is 16.8. The van der Waals surface area contributed by atoms with Crippen molar-refractivity contribution in [2.24, 2.45) is 0 Å². The molecule has 1 saturated heterocycles. The molecule has 1 amide bonds. The molecule has 1 aliphatic heterocycles. The van der Waals surface area contributed by atoms with Crippen molar-refractivity contribution in [2.75, 3.05) is 6.61 Å². The van der Waals surface area contributed by atoms with E-state index in [4.69, 9.17) is 4.74 Å². The van der Waals surface area contributed by atoms with E-state index in [2.05, 4.69) is 11.1 Å². The van der Waals surface area contributed by atoms with Gasteiger partial charge in [0.1, 0.15) is 16.8 Å². The van der Waals surface area contributed by atoms with E-state index >= 15 is 0 Å². The number of hydrogen-bond acceptors (Lipinski definition) is 5. The number of carboxylic acid groups (broad SMARTS) is 1. The Morgan fingerprint density at radius 3 is 2.72 bits per heavy atom. The van der Waals surface area contributed by atoms with Crippen LogP contribution in [0.15, 0.2) is 47.5 Å². The predicted octanol–water partition coefficient (Wildman–Crippen LogP) is 4.85. The van der Waals surface area contributed by atoms with Crippen LogP contribution >= 0.6 is 11.8 Å². The first-order valence-electron chi connectivity index (χ1n) is 9.63. The van der Waals surface area contributed by atoms with Gasteiger partial charge in [0.05, 0.1) is 18.2 Å². The Morgan fingerprint density at radius 1 is 1.38 bits per heavy atom. The number of ether oxygens (including phenoxy) is 1. The minimum absolute atomic E-state index is 0.0627. The highest BCUT2D eigenvalue weighted by atomic mass is 32.2. The van der Waals surface area contributed by atoms with Gasteiger partial charge >= 0.3 is 6.09 Å². The first-order valence-corrected chi connectivity index (χ1v) is 10.5. The lowest BCUT2D eigenvalue weighted by atomic mass is 10.0. The van der Waals surface area contributed by atoms with Crippen molar-refractivity contribution in [1.29, 1.82) is 5.26 Å². The molecule has 0 radical (unpaired) electrons. The molecule has 7 heteroatoms. The predicted molar refractivity (Wildman–Crippen MR) is 112 cm³/mol. The van der Waals surface area contributed by atoms with Crippen LogP contribution in [0.2, 0.25) is 0 Å². The monoisotopic (exact) mass is 411 g/mol. The third kappa shape index (κ3) is 4.72. The van der Waals surface area contributed by atoms with Gasteiger partial charge in [-0.1, -0.05) is 49.0 Å². The molecule has 1 aromatic heterocycles. The lowest BCUT2D eigenvalue weighted by Gasteiger charge is -2.32. The summed E-state index contributed by atoms with van der Waals surface area (Å²) in [4.78, 5) is 17.9. The summed E-state index contributed by atoms with van der Waals surface area (Å²) in [6.45, 7) is 5.91. The first-order chi connectivity index (χ1) is 13.9. The van der Waals surface area contributed by atoms with Crippen LogP contribution in [-0.4, -0.2) is 39.5 Å². The van der Waals surface area contributed by atoms with Crippen molar-refractivity contribution in [1.82, 2.24) is 9.88 Å². The van der Waals surface area contributed by atoms with Gasteiger partial charge in [0.15, 0.2) is 0 Å². The van der Waals surface area contributed by atoms with Crippen molar-refractivity contribution >= 4 is 17.9 Å². The standard InChI is InChI=1S/C22H25N3O3S/c1-4-17-11-10-16(13-23)20(24-17)29-19(15-8-6-5-7-9-15)12-18-14-28-22(2,3)25(18)21(26)27/h5-11,18-19H,4,12,14H2,1-3H3,(H,26,27)/t18-,19+/m0/s1. The molecule has 0 aliphatic carbocycles. The Bertz CT molecular complexity index is 911. The van der Waals surface area contributed by atoms with Crippen molar-refractivity contribution in [3.63, 3.8) is 0 Å². The number of pyridine rings is 1. The molecule has 1 aromatic carbocycles. The van der Waals surface area contributed by atoms with Crippen molar-refractivity contribution in [3.8, 4) is 6.07 Å². The topological polar surface area (TPSA) is 86.5 Å².